The Morgan fingerprint density at radius 2 is 1.79 bits per heavy atom. The van der Waals surface area contributed by atoms with E-state index in [1.54, 1.807) is 6.07 Å². The standard InChI is InChI=1S/C17H16FN/c1-12(2)9-13-3-5-14(6-4-13)17-8-7-16(18)10-15(17)11-19/h3-8,10,12H,9H2,1-2H3. The summed E-state index contributed by atoms with van der Waals surface area (Å²) in [6, 6.07) is 14.5. The van der Waals surface area contributed by atoms with Crippen LogP contribution in [0.4, 0.5) is 4.39 Å². The highest BCUT2D eigenvalue weighted by molar-refractivity contribution is 5.70. The Morgan fingerprint density at radius 3 is 2.37 bits per heavy atom. The third-order valence-corrected chi connectivity index (χ3v) is 3.01. The van der Waals surface area contributed by atoms with Crippen molar-refractivity contribution in [3.05, 3.63) is 59.4 Å². The predicted molar refractivity (Wildman–Crippen MR) is 75.1 cm³/mol. The fourth-order valence-corrected chi connectivity index (χ4v) is 2.15. The molecular formula is C17H16FN. The second-order valence-corrected chi connectivity index (χ2v) is 5.10. The van der Waals surface area contributed by atoms with Gasteiger partial charge >= 0.3 is 0 Å². The lowest BCUT2D eigenvalue weighted by molar-refractivity contribution is 0.627. The highest BCUT2D eigenvalue weighted by Crippen LogP contribution is 2.25. The minimum atomic E-state index is -0.378. The van der Waals surface area contributed by atoms with Gasteiger partial charge in [0.25, 0.3) is 0 Å². The monoisotopic (exact) mass is 253 g/mol. The number of benzene rings is 2. The number of nitrogens with zero attached hydrogens (tertiary/aromatic N) is 1. The van der Waals surface area contributed by atoms with E-state index in [2.05, 4.69) is 26.0 Å². The molecule has 0 atom stereocenters. The van der Waals surface area contributed by atoms with Crippen LogP contribution in [-0.2, 0) is 6.42 Å². The molecule has 0 bridgehead atoms. The van der Waals surface area contributed by atoms with E-state index in [9.17, 15) is 4.39 Å². The first-order valence-electron chi connectivity index (χ1n) is 6.39. The highest BCUT2D eigenvalue weighted by Gasteiger charge is 2.06. The van der Waals surface area contributed by atoms with E-state index in [-0.39, 0.29) is 5.82 Å². The summed E-state index contributed by atoms with van der Waals surface area (Å²) in [5, 5.41) is 9.06. The van der Waals surface area contributed by atoms with Crippen LogP contribution < -0.4 is 0 Å². The highest BCUT2D eigenvalue weighted by atomic mass is 19.1. The maximum Gasteiger partial charge on any atom is 0.124 e. The lowest BCUT2D eigenvalue weighted by atomic mass is 9.97. The van der Waals surface area contributed by atoms with Crippen molar-refractivity contribution in [2.75, 3.05) is 0 Å². The zero-order chi connectivity index (χ0) is 13.8. The quantitative estimate of drug-likeness (QED) is 0.786. The predicted octanol–water partition coefficient (Wildman–Crippen LogP) is 4.56. The maximum atomic E-state index is 13.1. The van der Waals surface area contributed by atoms with Gasteiger partial charge in [-0.25, -0.2) is 4.39 Å². The Labute approximate surface area is 113 Å². The number of hydrogen-bond acceptors (Lipinski definition) is 1. The van der Waals surface area contributed by atoms with Gasteiger partial charge in [0.05, 0.1) is 11.6 Å². The summed E-state index contributed by atoms with van der Waals surface area (Å²) in [7, 11) is 0. The van der Waals surface area contributed by atoms with Gasteiger partial charge in [0.1, 0.15) is 5.82 Å². The van der Waals surface area contributed by atoms with E-state index in [4.69, 9.17) is 5.26 Å². The van der Waals surface area contributed by atoms with Gasteiger partial charge in [0, 0.05) is 0 Å². The van der Waals surface area contributed by atoms with Gasteiger partial charge in [-0.3, -0.25) is 0 Å². The Hall–Kier alpha value is -2.14. The number of rotatable bonds is 3. The summed E-state index contributed by atoms with van der Waals surface area (Å²) in [5.41, 5.74) is 3.38. The third-order valence-electron chi connectivity index (χ3n) is 3.01. The molecule has 0 saturated heterocycles. The molecule has 0 spiro atoms. The maximum absolute atomic E-state index is 13.1. The summed E-state index contributed by atoms with van der Waals surface area (Å²) in [6.07, 6.45) is 1.04. The van der Waals surface area contributed by atoms with E-state index in [1.165, 1.54) is 17.7 Å². The molecule has 0 saturated carbocycles. The average Bonchev–Trinajstić information content (AvgIpc) is 2.39. The molecule has 0 aromatic heterocycles. The van der Waals surface area contributed by atoms with Crippen LogP contribution >= 0.6 is 0 Å². The van der Waals surface area contributed by atoms with Crippen molar-refractivity contribution < 1.29 is 4.39 Å². The van der Waals surface area contributed by atoms with Gasteiger partial charge in [-0.15, -0.1) is 0 Å². The molecule has 2 rings (SSSR count). The van der Waals surface area contributed by atoms with Crippen LogP contribution in [0.3, 0.4) is 0 Å². The van der Waals surface area contributed by atoms with E-state index in [0.29, 0.717) is 11.5 Å². The van der Waals surface area contributed by atoms with Crippen LogP contribution in [0, 0.1) is 23.1 Å². The van der Waals surface area contributed by atoms with E-state index >= 15 is 0 Å². The first-order chi connectivity index (χ1) is 9.10. The van der Waals surface area contributed by atoms with Crippen LogP contribution in [0.25, 0.3) is 11.1 Å². The molecule has 2 heteroatoms. The molecule has 0 fully saturated rings. The number of hydrogen-bond donors (Lipinski definition) is 0. The second-order valence-electron chi connectivity index (χ2n) is 5.10. The normalized spacial score (nSPS) is 10.5. The van der Waals surface area contributed by atoms with Crippen molar-refractivity contribution in [3.8, 4) is 17.2 Å². The molecule has 0 heterocycles. The average molecular weight is 253 g/mol. The van der Waals surface area contributed by atoms with Gasteiger partial charge in [-0.2, -0.15) is 5.26 Å². The molecule has 0 amide bonds. The van der Waals surface area contributed by atoms with Crippen molar-refractivity contribution >= 4 is 0 Å². The van der Waals surface area contributed by atoms with Crippen LogP contribution in [0.5, 0.6) is 0 Å². The summed E-state index contributed by atoms with van der Waals surface area (Å²) < 4.78 is 13.1. The molecule has 0 aliphatic carbocycles. The summed E-state index contributed by atoms with van der Waals surface area (Å²) in [5.74, 6) is 0.239. The fourth-order valence-electron chi connectivity index (χ4n) is 2.15. The topological polar surface area (TPSA) is 23.8 Å². The zero-order valence-electron chi connectivity index (χ0n) is 11.2. The molecule has 1 nitrogen and oxygen atoms in total. The van der Waals surface area contributed by atoms with Gasteiger partial charge in [-0.1, -0.05) is 44.2 Å². The summed E-state index contributed by atoms with van der Waals surface area (Å²) in [6.45, 7) is 4.36. The third kappa shape index (κ3) is 3.20. The van der Waals surface area contributed by atoms with Gasteiger partial charge in [-0.05, 0) is 41.2 Å². The molecule has 0 unspecified atom stereocenters. The Kier molecular flexibility index (Phi) is 3.97. The van der Waals surface area contributed by atoms with Crippen LogP contribution in [0.1, 0.15) is 25.0 Å². The first-order valence-corrected chi connectivity index (χ1v) is 6.39. The molecule has 2 aromatic carbocycles. The lowest BCUT2D eigenvalue weighted by Crippen LogP contribution is -1.94. The van der Waals surface area contributed by atoms with E-state index in [0.717, 1.165) is 17.5 Å². The summed E-state index contributed by atoms with van der Waals surface area (Å²) in [4.78, 5) is 0. The first kappa shape index (κ1) is 13.3. The van der Waals surface area contributed by atoms with Crippen molar-refractivity contribution in [1.29, 1.82) is 5.26 Å². The van der Waals surface area contributed by atoms with Crippen molar-refractivity contribution in [2.45, 2.75) is 20.3 Å². The molecule has 0 radical (unpaired) electrons. The van der Waals surface area contributed by atoms with Crippen molar-refractivity contribution in [1.82, 2.24) is 0 Å². The van der Waals surface area contributed by atoms with Crippen LogP contribution in [0.15, 0.2) is 42.5 Å². The molecule has 19 heavy (non-hydrogen) atoms. The zero-order valence-corrected chi connectivity index (χ0v) is 11.2. The van der Waals surface area contributed by atoms with Crippen molar-refractivity contribution in [2.24, 2.45) is 5.92 Å². The lowest BCUT2D eigenvalue weighted by Gasteiger charge is -2.08. The molecular weight excluding hydrogens is 237 g/mol. The van der Waals surface area contributed by atoms with E-state index in [1.807, 2.05) is 18.2 Å². The number of nitriles is 1. The Balaban J connectivity index is 2.35. The van der Waals surface area contributed by atoms with Gasteiger partial charge in [0.15, 0.2) is 0 Å². The molecule has 96 valence electrons. The molecule has 0 N–H and O–H groups in total. The minimum absolute atomic E-state index is 0.372. The van der Waals surface area contributed by atoms with Crippen molar-refractivity contribution in [3.63, 3.8) is 0 Å². The van der Waals surface area contributed by atoms with Gasteiger partial charge in [0.2, 0.25) is 0 Å². The van der Waals surface area contributed by atoms with Crippen LogP contribution in [-0.4, -0.2) is 0 Å². The second kappa shape index (κ2) is 5.67. The molecule has 0 aliphatic rings. The smallest absolute Gasteiger partial charge is 0.124 e. The van der Waals surface area contributed by atoms with E-state index < -0.39 is 0 Å². The SMILES string of the molecule is CC(C)Cc1ccc(-c2ccc(F)cc2C#N)cc1. The van der Waals surface area contributed by atoms with Gasteiger partial charge < -0.3 is 0 Å². The number of halogens is 1. The van der Waals surface area contributed by atoms with Crippen LogP contribution in [0.2, 0.25) is 0 Å². The fraction of sp³-hybridized carbons (Fsp3) is 0.235. The largest absolute Gasteiger partial charge is 0.207 e. The Bertz CT molecular complexity index is 606. The minimum Gasteiger partial charge on any atom is -0.207 e. The molecule has 0 aliphatic heterocycles. The Morgan fingerprint density at radius 1 is 1.11 bits per heavy atom. The molecule has 2 aromatic rings. The summed E-state index contributed by atoms with van der Waals surface area (Å²) >= 11 is 0.